The van der Waals surface area contributed by atoms with E-state index in [9.17, 15) is 13.2 Å². The maximum atomic E-state index is 12.8. The third-order valence-electron chi connectivity index (χ3n) is 5.20. The van der Waals surface area contributed by atoms with Crippen molar-refractivity contribution in [3.05, 3.63) is 11.5 Å². The van der Waals surface area contributed by atoms with Crippen LogP contribution in [-0.4, -0.2) is 42.9 Å². The van der Waals surface area contributed by atoms with Crippen molar-refractivity contribution in [3.8, 4) is 0 Å². The molecule has 1 fully saturated rings. The van der Waals surface area contributed by atoms with Gasteiger partial charge in [0, 0.05) is 25.0 Å². The Bertz CT molecular complexity index is 715. The first kappa shape index (κ1) is 21.9. The SMILES string of the molecule is Cc1noc(C)c1S(=O)(=O)N1CCC(C(=O)NC(C)CCCC(C)C)CC1. The molecule has 1 aliphatic heterocycles. The van der Waals surface area contributed by atoms with Gasteiger partial charge in [0.2, 0.25) is 15.9 Å². The second kappa shape index (κ2) is 9.19. The van der Waals surface area contributed by atoms with Crippen LogP contribution in [0.25, 0.3) is 0 Å². The summed E-state index contributed by atoms with van der Waals surface area (Å²) in [6.45, 7) is 10.4. The molecule has 1 N–H and O–H groups in total. The minimum atomic E-state index is -3.63. The highest BCUT2D eigenvalue weighted by Crippen LogP contribution is 2.27. The van der Waals surface area contributed by atoms with Crippen LogP contribution >= 0.6 is 0 Å². The summed E-state index contributed by atoms with van der Waals surface area (Å²) in [4.78, 5) is 12.7. The molecule has 1 aromatic rings. The first-order valence-corrected chi connectivity index (χ1v) is 11.3. The molecule has 1 saturated heterocycles. The number of hydrogen-bond donors (Lipinski definition) is 1. The van der Waals surface area contributed by atoms with E-state index in [4.69, 9.17) is 4.52 Å². The molecule has 0 radical (unpaired) electrons. The fourth-order valence-corrected chi connectivity index (χ4v) is 5.36. The highest BCUT2D eigenvalue weighted by Gasteiger charge is 2.35. The summed E-state index contributed by atoms with van der Waals surface area (Å²) >= 11 is 0. The monoisotopic (exact) mass is 399 g/mol. The van der Waals surface area contributed by atoms with Crippen molar-refractivity contribution in [2.45, 2.75) is 77.7 Å². The van der Waals surface area contributed by atoms with Crippen molar-refractivity contribution < 1.29 is 17.7 Å². The van der Waals surface area contributed by atoms with E-state index in [1.807, 2.05) is 6.92 Å². The van der Waals surface area contributed by atoms with Crippen molar-refractivity contribution >= 4 is 15.9 Å². The third kappa shape index (κ3) is 5.54. The first-order valence-electron chi connectivity index (χ1n) is 9.86. The molecule has 7 nitrogen and oxygen atoms in total. The zero-order chi connectivity index (χ0) is 20.2. The lowest BCUT2D eigenvalue weighted by Gasteiger charge is -2.31. The summed E-state index contributed by atoms with van der Waals surface area (Å²) < 4.78 is 32.1. The second-order valence-electron chi connectivity index (χ2n) is 8.07. The van der Waals surface area contributed by atoms with Gasteiger partial charge in [-0.1, -0.05) is 31.8 Å². The van der Waals surface area contributed by atoms with E-state index in [0.717, 1.165) is 19.3 Å². The van der Waals surface area contributed by atoms with Gasteiger partial charge in [-0.15, -0.1) is 0 Å². The normalized spacial score (nSPS) is 18.0. The predicted molar refractivity (Wildman–Crippen MR) is 104 cm³/mol. The lowest BCUT2D eigenvalue weighted by atomic mass is 9.96. The quantitative estimate of drug-likeness (QED) is 0.725. The standard InChI is InChI=1S/C19H33N3O4S/c1-13(2)7-6-8-14(3)20-19(23)17-9-11-22(12-10-17)27(24,25)18-15(4)21-26-16(18)5/h13-14,17H,6-12H2,1-5H3,(H,20,23). The topological polar surface area (TPSA) is 92.5 Å². The van der Waals surface area contributed by atoms with Crippen LogP contribution in [0.2, 0.25) is 0 Å². The number of sulfonamides is 1. The van der Waals surface area contributed by atoms with Crippen molar-refractivity contribution in [1.29, 1.82) is 0 Å². The van der Waals surface area contributed by atoms with Crippen molar-refractivity contribution in [3.63, 3.8) is 0 Å². The Kier molecular flexibility index (Phi) is 7.45. The van der Waals surface area contributed by atoms with Crippen molar-refractivity contribution in [2.75, 3.05) is 13.1 Å². The summed E-state index contributed by atoms with van der Waals surface area (Å²) in [5.74, 6) is 0.898. The number of aromatic nitrogens is 1. The molecule has 2 rings (SSSR count). The Morgan fingerprint density at radius 2 is 1.85 bits per heavy atom. The fraction of sp³-hybridized carbons (Fsp3) is 0.789. The van der Waals surface area contributed by atoms with Gasteiger partial charge in [0.05, 0.1) is 0 Å². The number of carbonyl (C=O) groups is 1. The summed E-state index contributed by atoms with van der Waals surface area (Å²) in [5.41, 5.74) is 0.377. The molecule has 1 unspecified atom stereocenters. The van der Waals surface area contributed by atoms with E-state index in [-0.39, 0.29) is 22.8 Å². The maximum absolute atomic E-state index is 12.8. The molecular weight excluding hydrogens is 366 g/mol. The number of piperidine rings is 1. The molecular formula is C19H33N3O4S. The van der Waals surface area contributed by atoms with E-state index in [1.54, 1.807) is 13.8 Å². The number of hydrogen-bond acceptors (Lipinski definition) is 5. The molecule has 0 saturated carbocycles. The Hall–Kier alpha value is -1.41. The predicted octanol–water partition coefficient (Wildman–Crippen LogP) is 3.02. The lowest BCUT2D eigenvalue weighted by molar-refractivity contribution is -0.126. The van der Waals surface area contributed by atoms with Crippen LogP contribution in [0.4, 0.5) is 0 Å². The van der Waals surface area contributed by atoms with Crippen LogP contribution in [0.3, 0.4) is 0 Å². The highest BCUT2D eigenvalue weighted by molar-refractivity contribution is 7.89. The smallest absolute Gasteiger partial charge is 0.248 e. The van der Waals surface area contributed by atoms with Gasteiger partial charge in [0.15, 0.2) is 5.76 Å². The molecule has 154 valence electrons. The molecule has 1 aliphatic rings. The number of nitrogens with zero attached hydrogens (tertiary/aromatic N) is 2. The molecule has 1 aromatic heterocycles. The summed E-state index contributed by atoms with van der Waals surface area (Å²) in [6, 6.07) is 0.153. The number of carbonyl (C=O) groups excluding carboxylic acids is 1. The van der Waals surface area contributed by atoms with E-state index < -0.39 is 10.0 Å². The van der Waals surface area contributed by atoms with Gasteiger partial charge in [-0.2, -0.15) is 4.31 Å². The summed E-state index contributed by atoms with van der Waals surface area (Å²) in [6.07, 6.45) is 4.31. The van der Waals surface area contributed by atoms with Gasteiger partial charge in [0.1, 0.15) is 10.6 Å². The molecule has 8 heteroatoms. The van der Waals surface area contributed by atoms with Crippen LogP contribution in [-0.2, 0) is 14.8 Å². The average molecular weight is 400 g/mol. The van der Waals surface area contributed by atoms with Crippen LogP contribution in [0.1, 0.15) is 64.3 Å². The van der Waals surface area contributed by atoms with Crippen LogP contribution in [0.5, 0.6) is 0 Å². The van der Waals surface area contributed by atoms with Crippen LogP contribution < -0.4 is 5.32 Å². The Labute approximate surface area is 162 Å². The summed E-state index contributed by atoms with van der Waals surface area (Å²) in [7, 11) is -3.63. The van der Waals surface area contributed by atoms with E-state index >= 15 is 0 Å². The molecule has 0 bridgehead atoms. The fourth-order valence-electron chi connectivity index (χ4n) is 3.60. The van der Waals surface area contributed by atoms with Gasteiger partial charge in [-0.3, -0.25) is 4.79 Å². The molecule has 27 heavy (non-hydrogen) atoms. The molecule has 0 aromatic carbocycles. The van der Waals surface area contributed by atoms with Gasteiger partial charge in [0.25, 0.3) is 0 Å². The van der Waals surface area contributed by atoms with E-state index in [2.05, 4.69) is 24.3 Å². The largest absolute Gasteiger partial charge is 0.360 e. The highest BCUT2D eigenvalue weighted by atomic mass is 32.2. The zero-order valence-corrected chi connectivity index (χ0v) is 17.9. The summed E-state index contributed by atoms with van der Waals surface area (Å²) in [5, 5.41) is 6.83. The zero-order valence-electron chi connectivity index (χ0n) is 17.1. The lowest BCUT2D eigenvalue weighted by Crippen LogP contribution is -2.44. The Morgan fingerprint density at radius 3 is 2.37 bits per heavy atom. The van der Waals surface area contributed by atoms with Crippen molar-refractivity contribution in [2.24, 2.45) is 11.8 Å². The number of rotatable bonds is 8. The van der Waals surface area contributed by atoms with Gasteiger partial charge in [-0.05, 0) is 46.0 Å². The van der Waals surface area contributed by atoms with Gasteiger partial charge >= 0.3 is 0 Å². The van der Waals surface area contributed by atoms with Crippen LogP contribution in [0, 0.1) is 25.7 Å². The molecule has 0 spiro atoms. The molecule has 2 heterocycles. The molecule has 0 aliphatic carbocycles. The average Bonchev–Trinajstić information content (AvgIpc) is 2.93. The maximum Gasteiger partial charge on any atom is 0.248 e. The Balaban J connectivity index is 1.87. The number of aryl methyl sites for hydroxylation is 2. The minimum Gasteiger partial charge on any atom is -0.360 e. The van der Waals surface area contributed by atoms with Crippen LogP contribution in [0.15, 0.2) is 9.42 Å². The third-order valence-corrected chi connectivity index (χ3v) is 7.34. The Morgan fingerprint density at radius 1 is 1.22 bits per heavy atom. The van der Waals surface area contributed by atoms with E-state index in [1.165, 1.54) is 4.31 Å². The van der Waals surface area contributed by atoms with Gasteiger partial charge in [-0.25, -0.2) is 8.42 Å². The second-order valence-corrected chi connectivity index (χ2v) is 9.94. The number of nitrogens with one attached hydrogen (secondary N) is 1. The van der Waals surface area contributed by atoms with Crippen molar-refractivity contribution in [1.82, 2.24) is 14.8 Å². The first-order chi connectivity index (χ1) is 12.6. The van der Waals surface area contributed by atoms with Gasteiger partial charge < -0.3 is 9.84 Å². The molecule has 1 atom stereocenters. The minimum absolute atomic E-state index is 0.0430. The number of amides is 1. The molecule has 1 amide bonds. The van der Waals surface area contributed by atoms with E-state index in [0.29, 0.717) is 43.3 Å².